The fourth-order valence-corrected chi connectivity index (χ4v) is 4.22. The number of benzene rings is 2. The summed E-state index contributed by atoms with van der Waals surface area (Å²) in [5.41, 5.74) is 1.36. The molecule has 0 spiro atoms. The first-order chi connectivity index (χ1) is 12.6. The number of hydrogen-bond acceptors (Lipinski definition) is 2. The second-order valence-electron chi connectivity index (χ2n) is 7.38. The van der Waals surface area contributed by atoms with E-state index in [9.17, 15) is 13.6 Å². The Kier molecular flexibility index (Phi) is 4.72. The highest BCUT2D eigenvalue weighted by atomic mass is 19.1. The first-order valence-corrected chi connectivity index (χ1v) is 9.12. The number of nitrogens with zero attached hydrogens (tertiary/aromatic N) is 2. The SMILES string of the molecule is O=C(c1cc(F)cc(F)c1)N1C[C@@H]2CC[C@H](C1)N(Cc1ccccc1)C2. The van der Waals surface area contributed by atoms with Crippen LogP contribution in [0.4, 0.5) is 8.78 Å². The van der Waals surface area contributed by atoms with Gasteiger partial charge in [0.05, 0.1) is 0 Å². The largest absolute Gasteiger partial charge is 0.337 e. The van der Waals surface area contributed by atoms with E-state index in [0.717, 1.165) is 44.1 Å². The van der Waals surface area contributed by atoms with Gasteiger partial charge in [0.2, 0.25) is 0 Å². The van der Waals surface area contributed by atoms with Gasteiger partial charge in [0, 0.05) is 43.9 Å². The molecule has 0 radical (unpaired) electrons. The summed E-state index contributed by atoms with van der Waals surface area (Å²) in [6.07, 6.45) is 2.15. The lowest BCUT2D eigenvalue weighted by atomic mass is 9.94. The first kappa shape index (κ1) is 17.2. The van der Waals surface area contributed by atoms with E-state index in [1.807, 2.05) is 18.2 Å². The van der Waals surface area contributed by atoms with Gasteiger partial charge in [0.15, 0.2) is 0 Å². The van der Waals surface area contributed by atoms with E-state index in [1.165, 1.54) is 5.56 Å². The minimum atomic E-state index is -0.711. The summed E-state index contributed by atoms with van der Waals surface area (Å²) in [4.78, 5) is 17.0. The van der Waals surface area contributed by atoms with Gasteiger partial charge in [-0.25, -0.2) is 8.78 Å². The van der Waals surface area contributed by atoms with Crippen LogP contribution in [0.25, 0.3) is 0 Å². The van der Waals surface area contributed by atoms with Crippen LogP contribution >= 0.6 is 0 Å². The third kappa shape index (κ3) is 3.63. The molecule has 3 heterocycles. The Bertz CT molecular complexity index is 776. The number of halogens is 2. The molecule has 2 aromatic carbocycles. The third-order valence-corrected chi connectivity index (χ3v) is 5.45. The summed E-state index contributed by atoms with van der Waals surface area (Å²) in [5, 5.41) is 0. The summed E-state index contributed by atoms with van der Waals surface area (Å²) < 4.78 is 27.0. The molecule has 2 aromatic rings. The predicted molar refractivity (Wildman–Crippen MR) is 95.6 cm³/mol. The standard InChI is InChI=1S/C21H22F2N2O/c22-18-8-17(9-19(23)10-18)21(26)25-13-16-6-7-20(14-25)24(12-16)11-15-4-2-1-3-5-15/h1-5,8-10,16,20H,6-7,11-14H2/t16-,20-/m1/s1. The van der Waals surface area contributed by atoms with E-state index < -0.39 is 11.6 Å². The molecule has 26 heavy (non-hydrogen) atoms. The van der Waals surface area contributed by atoms with Crippen molar-refractivity contribution < 1.29 is 13.6 Å². The van der Waals surface area contributed by atoms with Crippen molar-refractivity contribution >= 4 is 5.91 Å². The van der Waals surface area contributed by atoms with Crippen molar-refractivity contribution in [3.63, 3.8) is 0 Å². The molecule has 2 atom stereocenters. The number of amides is 1. The fraction of sp³-hybridized carbons (Fsp3) is 0.381. The molecule has 3 nitrogen and oxygen atoms in total. The van der Waals surface area contributed by atoms with Crippen molar-refractivity contribution in [3.8, 4) is 0 Å². The molecule has 3 saturated heterocycles. The number of rotatable bonds is 3. The van der Waals surface area contributed by atoms with Gasteiger partial charge < -0.3 is 4.90 Å². The van der Waals surface area contributed by atoms with Crippen LogP contribution in [-0.2, 0) is 6.54 Å². The molecule has 3 aliphatic rings. The Morgan fingerprint density at radius 2 is 1.69 bits per heavy atom. The monoisotopic (exact) mass is 356 g/mol. The number of piperidine rings is 1. The van der Waals surface area contributed by atoms with E-state index in [0.29, 0.717) is 19.0 Å². The summed E-state index contributed by atoms with van der Waals surface area (Å²) in [5.74, 6) is -1.30. The molecule has 136 valence electrons. The molecule has 1 amide bonds. The molecular weight excluding hydrogens is 334 g/mol. The smallest absolute Gasteiger partial charge is 0.254 e. The van der Waals surface area contributed by atoms with E-state index in [4.69, 9.17) is 0 Å². The maximum atomic E-state index is 13.5. The highest BCUT2D eigenvalue weighted by Crippen LogP contribution is 2.30. The van der Waals surface area contributed by atoms with E-state index >= 15 is 0 Å². The zero-order chi connectivity index (χ0) is 18.1. The lowest BCUT2D eigenvalue weighted by Crippen LogP contribution is -2.43. The van der Waals surface area contributed by atoms with Gasteiger partial charge in [-0.2, -0.15) is 0 Å². The van der Waals surface area contributed by atoms with Crippen LogP contribution in [-0.4, -0.2) is 41.4 Å². The zero-order valence-corrected chi connectivity index (χ0v) is 14.6. The minimum Gasteiger partial charge on any atom is -0.337 e. The average Bonchev–Trinajstić information content (AvgIpc) is 2.93. The Balaban J connectivity index is 1.51. The molecule has 3 aliphatic heterocycles. The normalized spacial score (nSPS) is 23.1. The Morgan fingerprint density at radius 3 is 2.42 bits per heavy atom. The molecular formula is C21H22F2N2O. The van der Waals surface area contributed by atoms with E-state index in [2.05, 4.69) is 17.0 Å². The second kappa shape index (κ2) is 7.16. The van der Waals surface area contributed by atoms with Crippen LogP contribution in [0.2, 0.25) is 0 Å². The molecule has 0 aliphatic carbocycles. The summed E-state index contributed by atoms with van der Waals surface area (Å²) in [6, 6.07) is 13.7. The highest BCUT2D eigenvalue weighted by molar-refractivity contribution is 5.94. The van der Waals surface area contributed by atoms with Crippen LogP contribution in [0.15, 0.2) is 48.5 Å². The van der Waals surface area contributed by atoms with Gasteiger partial charge in [-0.3, -0.25) is 9.69 Å². The fourth-order valence-electron chi connectivity index (χ4n) is 4.22. The average molecular weight is 356 g/mol. The van der Waals surface area contributed by atoms with Crippen LogP contribution in [0.1, 0.15) is 28.8 Å². The lowest BCUT2D eigenvalue weighted by molar-refractivity contribution is 0.0735. The molecule has 0 unspecified atom stereocenters. The number of carbonyl (C=O) groups excluding carboxylic acids is 1. The lowest BCUT2D eigenvalue weighted by Gasteiger charge is -2.36. The van der Waals surface area contributed by atoms with Crippen LogP contribution in [0.5, 0.6) is 0 Å². The van der Waals surface area contributed by atoms with Gasteiger partial charge in [0.25, 0.3) is 5.91 Å². The molecule has 5 rings (SSSR count). The minimum absolute atomic E-state index is 0.0957. The van der Waals surface area contributed by atoms with Crippen molar-refractivity contribution in [2.45, 2.75) is 25.4 Å². The Labute approximate surface area is 152 Å². The summed E-state index contributed by atoms with van der Waals surface area (Å²) in [6.45, 7) is 3.10. The third-order valence-electron chi connectivity index (χ3n) is 5.45. The van der Waals surface area contributed by atoms with Crippen molar-refractivity contribution in [2.24, 2.45) is 5.92 Å². The van der Waals surface area contributed by atoms with Crippen molar-refractivity contribution in [1.29, 1.82) is 0 Å². The molecule has 3 fully saturated rings. The first-order valence-electron chi connectivity index (χ1n) is 9.12. The van der Waals surface area contributed by atoms with Gasteiger partial charge in [-0.05, 0) is 36.5 Å². The van der Waals surface area contributed by atoms with Crippen LogP contribution in [0.3, 0.4) is 0 Å². The summed E-state index contributed by atoms with van der Waals surface area (Å²) in [7, 11) is 0. The molecule has 0 saturated carbocycles. The maximum Gasteiger partial charge on any atom is 0.254 e. The van der Waals surface area contributed by atoms with Gasteiger partial charge in [-0.15, -0.1) is 0 Å². The highest BCUT2D eigenvalue weighted by Gasteiger charge is 2.36. The van der Waals surface area contributed by atoms with Gasteiger partial charge >= 0.3 is 0 Å². The van der Waals surface area contributed by atoms with Crippen molar-refractivity contribution in [1.82, 2.24) is 9.80 Å². The predicted octanol–water partition coefficient (Wildman–Crippen LogP) is 3.70. The number of fused-ring (bicyclic) bond motifs is 4. The quantitative estimate of drug-likeness (QED) is 0.837. The summed E-state index contributed by atoms with van der Waals surface area (Å²) >= 11 is 0. The molecule has 0 N–H and O–H groups in total. The maximum absolute atomic E-state index is 13.5. The van der Waals surface area contributed by atoms with E-state index in [1.54, 1.807) is 4.90 Å². The topological polar surface area (TPSA) is 23.6 Å². The zero-order valence-electron chi connectivity index (χ0n) is 14.6. The second-order valence-corrected chi connectivity index (χ2v) is 7.38. The number of hydrogen-bond donors (Lipinski definition) is 0. The van der Waals surface area contributed by atoms with E-state index in [-0.39, 0.29) is 17.5 Å². The Morgan fingerprint density at radius 1 is 0.962 bits per heavy atom. The molecule has 2 bridgehead atoms. The number of carbonyl (C=O) groups is 1. The molecule has 5 heteroatoms. The van der Waals surface area contributed by atoms with Gasteiger partial charge in [0.1, 0.15) is 11.6 Å². The van der Waals surface area contributed by atoms with Crippen LogP contribution in [0, 0.1) is 17.6 Å². The van der Waals surface area contributed by atoms with Crippen molar-refractivity contribution in [2.75, 3.05) is 19.6 Å². The van der Waals surface area contributed by atoms with Gasteiger partial charge in [-0.1, -0.05) is 30.3 Å². The Hall–Kier alpha value is -2.27. The molecule has 0 aromatic heterocycles. The van der Waals surface area contributed by atoms with Crippen molar-refractivity contribution in [3.05, 3.63) is 71.3 Å². The van der Waals surface area contributed by atoms with Crippen LogP contribution < -0.4 is 0 Å².